The fourth-order valence-corrected chi connectivity index (χ4v) is 4.75. The zero-order valence-electron chi connectivity index (χ0n) is 18.0. The molecule has 3 heterocycles. The van der Waals surface area contributed by atoms with Crippen molar-refractivity contribution in [2.45, 2.75) is 53.0 Å². The molecule has 1 unspecified atom stereocenters. The Hall–Kier alpha value is -2.41. The Morgan fingerprint density at radius 3 is 2.77 bits per heavy atom. The lowest BCUT2D eigenvalue weighted by Gasteiger charge is -2.31. The molecule has 0 N–H and O–H groups in total. The number of Topliss-reactive ketones (excluding diaryl/α,β-unsaturated/α-hetero) is 1. The number of hydrogen-bond acceptors (Lipinski definition) is 5. The van der Waals surface area contributed by atoms with Crippen molar-refractivity contribution in [3.8, 4) is 0 Å². The summed E-state index contributed by atoms with van der Waals surface area (Å²) in [5, 5.41) is 2.07. The van der Waals surface area contributed by atoms with Crippen LogP contribution < -0.4 is 0 Å². The van der Waals surface area contributed by atoms with Crippen LogP contribution in [0.15, 0.2) is 23.6 Å². The minimum atomic E-state index is -0.386. The molecular weight excluding hydrogens is 400 g/mol. The second kappa shape index (κ2) is 10.1. The molecule has 1 saturated heterocycles. The molecule has 0 aromatic carbocycles. The van der Waals surface area contributed by atoms with Crippen LogP contribution >= 0.6 is 11.3 Å². The van der Waals surface area contributed by atoms with Crippen molar-refractivity contribution in [3.05, 3.63) is 45.4 Å². The Bertz CT molecular complexity index is 901. The second-order valence-electron chi connectivity index (χ2n) is 7.83. The van der Waals surface area contributed by atoms with Crippen molar-refractivity contribution in [1.82, 2.24) is 9.47 Å². The van der Waals surface area contributed by atoms with E-state index in [0.717, 1.165) is 30.8 Å². The second-order valence-corrected chi connectivity index (χ2v) is 8.86. The van der Waals surface area contributed by atoms with E-state index >= 15 is 0 Å². The van der Waals surface area contributed by atoms with E-state index in [1.165, 1.54) is 4.88 Å². The van der Waals surface area contributed by atoms with E-state index in [9.17, 15) is 14.4 Å². The lowest BCUT2D eigenvalue weighted by atomic mass is 9.98. The highest BCUT2D eigenvalue weighted by molar-refractivity contribution is 7.09. The fourth-order valence-electron chi connectivity index (χ4n) is 4.06. The van der Waals surface area contributed by atoms with Crippen molar-refractivity contribution >= 4 is 29.0 Å². The van der Waals surface area contributed by atoms with Gasteiger partial charge in [0.2, 0.25) is 11.7 Å². The van der Waals surface area contributed by atoms with Crippen molar-refractivity contribution < 1.29 is 19.1 Å². The molecule has 7 heteroatoms. The van der Waals surface area contributed by atoms with Gasteiger partial charge >= 0.3 is 5.97 Å². The maximum atomic E-state index is 12.7. The molecule has 0 radical (unpaired) electrons. The van der Waals surface area contributed by atoms with E-state index in [0.29, 0.717) is 31.5 Å². The van der Waals surface area contributed by atoms with Crippen LogP contribution in [-0.4, -0.2) is 46.8 Å². The molecule has 3 rings (SSSR count). The average Bonchev–Trinajstić information content (AvgIpc) is 3.37. The number of aromatic nitrogens is 1. The molecule has 0 saturated carbocycles. The first-order valence-corrected chi connectivity index (χ1v) is 11.4. The van der Waals surface area contributed by atoms with E-state index in [-0.39, 0.29) is 30.2 Å². The lowest BCUT2D eigenvalue weighted by Crippen LogP contribution is -2.42. The molecule has 1 amide bonds. The van der Waals surface area contributed by atoms with E-state index in [2.05, 4.69) is 16.0 Å². The van der Waals surface area contributed by atoms with Gasteiger partial charge in [-0.15, -0.1) is 11.3 Å². The summed E-state index contributed by atoms with van der Waals surface area (Å²) in [5.41, 5.74) is 2.54. The van der Waals surface area contributed by atoms with Gasteiger partial charge in [0, 0.05) is 47.9 Å². The van der Waals surface area contributed by atoms with Crippen LogP contribution in [0, 0.1) is 19.8 Å². The number of carbonyl (C=O) groups is 3. The fraction of sp³-hybridized carbons (Fsp3) is 0.522. The molecule has 0 bridgehead atoms. The number of likely N-dealkylation sites (tertiary alicyclic amines) is 1. The lowest BCUT2D eigenvalue weighted by molar-refractivity contribution is -0.150. The van der Waals surface area contributed by atoms with Crippen LogP contribution in [0.25, 0.3) is 0 Å². The van der Waals surface area contributed by atoms with Gasteiger partial charge in [0.15, 0.2) is 6.61 Å². The molecule has 1 aliphatic rings. The molecule has 2 aromatic heterocycles. The summed E-state index contributed by atoms with van der Waals surface area (Å²) in [5.74, 6) is -0.863. The first-order chi connectivity index (χ1) is 14.4. The van der Waals surface area contributed by atoms with Crippen molar-refractivity contribution in [2.24, 2.45) is 5.92 Å². The summed E-state index contributed by atoms with van der Waals surface area (Å²) >= 11 is 1.73. The minimum absolute atomic E-state index is 0.0542. The number of thiophene rings is 1. The number of hydrogen-bond donors (Lipinski definition) is 0. The Labute approximate surface area is 181 Å². The highest BCUT2D eigenvalue weighted by Gasteiger charge is 2.29. The zero-order chi connectivity index (χ0) is 21.7. The standard InChI is InChI=1S/C23H30N2O4S/c1-4-22(27)24-10-5-7-18(14-24)23(28)29-15-21(26)20-13-16(2)25(17(20)3)11-9-19-8-6-12-30-19/h6,8,12-13,18H,4-5,7,9-11,14-15H2,1-3H3. The summed E-state index contributed by atoms with van der Waals surface area (Å²) in [4.78, 5) is 40.1. The molecule has 162 valence electrons. The first-order valence-electron chi connectivity index (χ1n) is 10.6. The predicted octanol–water partition coefficient (Wildman–Crippen LogP) is 3.78. The van der Waals surface area contributed by atoms with Crippen molar-refractivity contribution in [3.63, 3.8) is 0 Å². The predicted molar refractivity (Wildman–Crippen MR) is 117 cm³/mol. The maximum Gasteiger partial charge on any atom is 0.311 e. The maximum absolute atomic E-state index is 12.7. The highest BCUT2D eigenvalue weighted by Crippen LogP contribution is 2.21. The van der Waals surface area contributed by atoms with E-state index in [1.807, 2.05) is 32.9 Å². The van der Waals surface area contributed by atoms with Gasteiger partial charge < -0.3 is 14.2 Å². The molecule has 1 fully saturated rings. The third kappa shape index (κ3) is 5.19. The number of nitrogens with zero attached hydrogens (tertiary/aromatic N) is 2. The Balaban J connectivity index is 1.56. The highest BCUT2D eigenvalue weighted by atomic mass is 32.1. The largest absolute Gasteiger partial charge is 0.457 e. The van der Waals surface area contributed by atoms with Gasteiger partial charge in [0.25, 0.3) is 0 Å². The topological polar surface area (TPSA) is 68.6 Å². The number of ketones is 1. The summed E-state index contributed by atoms with van der Waals surface area (Å²) in [6, 6.07) is 6.04. The van der Waals surface area contributed by atoms with Crippen LogP contribution in [-0.2, 0) is 27.3 Å². The zero-order valence-corrected chi connectivity index (χ0v) is 18.8. The molecule has 0 aliphatic carbocycles. The van der Waals surface area contributed by atoms with E-state index in [1.54, 1.807) is 16.2 Å². The number of piperidine rings is 1. The monoisotopic (exact) mass is 430 g/mol. The van der Waals surface area contributed by atoms with Crippen LogP contribution in [0.4, 0.5) is 0 Å². The van der Waals surface area contributed by atoms with E-state index in [4.69, 9.17) is 4.74 Å². The molecule has 1 aliphatic heterocycles. The van der Waals surface area contributed by atoms with Gasteiger partial charge in [0.05, 0.1) is 5.92 Å². The third-order valence-electron chi connectivity index (χ3n) is 5.79. The van der Waals surface area contributed by atoms with Gasteiger partial charge in [-0.1, -0.05) is 13.0 Å². The molecular formula is C23H30N2O4S. The number of aryl methyl sites for hydroxylation is 2. The normalized spacial score (nSPS) is 16.5. The quantitative estimate of drug-likeness (QED) is 0.472. The van der Waals surface area contributed by atoms with Gasteiger partial charge in [-0.2, -0.15) is 0 Å². The Morgan fingerprint density at radius 2 is 2.07 bits per heavy atom. The summed E-state index contributed by atoms with van der Waals surface area (Å²) in [6.07, 6.45) is 2.83. The van der Waals surface area contributed by atoms with Crippen molar-refractivity contribution in [2.75, 3.05) is 19.7 Å². The number of carbonyl (C=O) groups excluding carboxylic acids is 3. The molecule has 30 heavy (non-hydrogen) atoms. The van der Waals surface area contributed by atoms with Crippen LogP contribution in [0.3, 0.4) is 0 Å². The van der Waals surface area contributed by atoms with Gasteiger partial charge in [-0.25, -0.2) is 0 Å². The molecule has 1 atom stereocenters. The minimum Gasteiger partial charge on any atom is -0.457 e. The Kier molecular flexibility index (Phi) is 7.48. The van der Waals surface area contributed by atoms with Crippen LogP contribution in [0.2, 0.25) is 0 Å². The SMILES string of the molecule is CCC(=O)N1CCCC(C(=O)OCC(=O)c2cc(C)n(CCc3cccs3)c2C)C1. The van der Waals surface area contributed by atoms with Crippen LogP contribution in [0.5, 0.6) is 0 Å². The molecule has 0 spiro atoms. The third-order valence-corrected chi connectivity index (χ3v) is 6.73. The number of esters is 1. The summed E-state index contributed by atoms with van der Waals surface area (Å²) in [6.45, 7) is 7.38. The van der Waals surface area contributed by atoms with Gasteiger partial charge in [-0.05, 0) is 50.6 Å². The van der Waals surface area contributed by atoms with Gasteiger partial charge in [0.1, 0.15) is 0 Å². The number of rotatable bonds is 8. The van der Waals surface area contributed by atoms with Gasteiger partial charge in [-0.3, -0.25) is 14.4 Å². The van der Waals surface area contributed by atoms with Crippen LogP contribution in [0.1, 0.15) is 52.8 Å². The summed E-state index contributed by atoms with van der Waals surface area (Å²) < 4.78 is 7.49. The van der Waals surface area contributed by atoms with Crippen molar-refractivity contribution in [1.29, 1.82) is 0 Å². The Morgan fingerprint density at radius 1 is 1.27 bits per heavy atom. The summed E-state index contributed by atoms with van der Waals surface area (Å²) in [7, 11) is 0. The van der Waals surface area contributed by atoms with E-state index < -0.39 is 0 Å². The first kappa shape index (κ1) is 22.3. The number of amides is 1. The smallest absolute Gasteiger partial charge is 0.311 e. The molecule has 6 nitrogen and oxygen atoms in total. The molecule has 2 aromatic rings. The number of ether oxygens (including phenoxy) is 1. The average molecular weight is 431 g/mol.